The number of hydrazone groups is 1. The van der Waals surface area contributed by atoms with Gasteiger partial charge < -0.3 is 0 Å². The lowest BCUT2D eigenvalue weighted by Crippen LogP contribution is -2.17. The molecule has 0 aliphatic heterocycles. The van der Waals surface area contributed by atoms with Crippen molar-refractivity contribution >= 4 is 23.7 Å². The zero-order valence-corrected chi connectivity index (χ0v) is 15.0. The van der Waals surface area contributed by atoms with Crippen molar-refractivity contribution in [2.45, 2.75) is 13.0 Å². The highest BCUT2D eigenvalue weighted by Gasteiger charge is 2.10. The monoisotopic (exact) mass is 378 g/mol. The Labute approximate surface area is 160 Å². The number of aryl methyl sites for hydroxylation is 1. The van der Waals surface area contributed by atoms with Crippen LogP contribution in [0.1, 0.15) is 22.3 Å². The number of carbonyl (C=O) groups is 1. The van der Waals surface area contributed by atoms with Crippen LogP contribution in [0.4, 0.5) is 0 Å². The molecule has 0 spiro atoms. The van der Waals surface area contributed by atoms with Crippen molar-refractivity contribution in [1.82, 2.24) is 20.2 Å². The molecule has 1 aromatic carbocycles. The summed E-state index contributed by atoms with van der Waals surface area (Å²) in [6.07, 6.45) is 6.73. The maximum absolute atomic E-state index is 12.0. The SMILES string of the molecule is N#CCCn1cc(/C=N/NC(=O)c2ccncc2)c(-c2ccc(Cl)cc2)n1. The largest absolute Gasteiger partial charge is 0.271 e. The van der Waals surface area contributed by atoms with Gasteiger partial charge in [0, 0.05) is 40.3 Å². The number of nitrogens with zero attached hydrogens (tertiary/aromatic N) is 5. The number of carbonyl (C=O) groups excluding carboxylic acids is 1. The molecule has 0 aliphatic rings. The highest BCUT2D eigenvalue weighted by Crippen LogP contribution is 2.23. The first-order chi connectivity index (χ1) is 13.2. The lowest BCUT2D eigenvalue weighted by atomic mass is 10.1. The van der Waals surface area contributed by atoms with Crippen molar-refractivity contribution in [2.75, 3.05) is 0 Å². The number of hydrogen-bond acceptors (Lipinski definition) is 5. The molecule has 1 N–H and O–H groups in total. The molecule has 2 heterocycles. The van der Waals surface area contributed by atoms with E-state index in [4.69, 9.17) is 16.9 Å². The molecule has 27 heavy (non-hydrogen) atoms. The Morgan fingerprint density at radius 1 is 1.26 bits per heavy atom. The molecule has 0 unspecified atom stereocenters. The van der Waals surface area contributed by atoms with Gasteiger partial charge in [-0.1, -0.05) is 23.7 Å². The summed E-state index contributed by atoms with van der Waals surface area (Å²) in [5.74, 6) is -0.335. The Bertz CT molecular complexity index is 989. The average molecular weight is 379 g/mol. The molecule has 0 saturated heterocycles. The second kappa shape index (κ2) is 8.74. The number of hydrogen-bond donors (Lipinski definition) is 1. The van der Waals surface area contributed by atoms with E-state index in [0.717, 1.165) is 5.56 Å². The fourth-order valence-electron chi connectivity index (χ4n) is 2.37. The minimum atomic E-state index is -0.335. The number of benzene rings is 1. The quantitative estimate of drug-likeness (QED) is 0.526. The van der Waals surface area contributed by atoms with Crippen molar-refractivity contribution < 1.29 is 4.79 Å². The summed E-state index contributed by atoms with van der Waals surface area (Å²) in [6, 6.07) is 12.6. The van der Waals surface area contributed by atoms with Gasteiger partial charge in [-0.15, -0.1) is 0 Å². The fraction of sp³-hybridized carbons (Fsp3) is 0.105. The lowest BCUT2D eigenvalue weighted by molar-refractivity contribution is 0.0955. The number of halogens is 1. The van der Waals surface area contributed by atoms with Gasteiger partial charge in [-0.25, -0.2) is 5.43 Å². The Kier molecular flexibility index (Phi) is 5.92. The van der Waals surface area contributed by atoms with Crippen molar-refractivity contribution in [3.8, 4) is 17.3 Å². The first-order valence-electron chi connectivity index (χ1n) is 8.11. The summed E-state index contributed by atoms with van der Waals surface area (Å²) in [4.78, 5) is 15.9. The van der Waals surface area contributed by atoms with Gasteiger partial charge in [0.1, 0.15) is 5.69 Å². The molecule has 0 fully saturated rings. The van der Waals surface area contributed by atoms with E-state index in [1.807, 2.05) is 12.1 Å². The Morgan fingerprint density at radius 3 is 2.70 bits per heavy atom. The van der Waals surface area contributed by atoms with Crippen molar-refractivity contribution in [1.29, 1.82) is 5.26 Å². The number of rotatable bonds is 6. The van der Waals surface area contributed by atoms with Crippen LogP contribution >= 0.6 is 11.6 Å². The first-order valence-corrected chi connectivity index (χ1v) is 8.49. The first kappa shape index (κ1) is 18.3. The van der Waals surface area contributed by atoms with Crippen molar-refractivity contribution in [2.24, 2.45) is 5.10 Å². The predicted molar refractivity (Wildman–Crippen MR) is 102 cm³/mol. The topological polar surface area (TPSA) is 96.0 Å². The maximum Gasteiger partial charge on any atom is 0.271 e. The minimum Gasteiger partial charge on any atom is -0.270 e. The zero-order chi connectivity index (χ0) is 19.1. The van der Waals surface area contributed by atoms with Crippen LogP contribution in [0.5, 0.6) is 0 Å². The number of amides is 1. The number of nitrogens with one attached hydrogen (secondary N) is 1. The molecule has 134 valence electrons. The minimum absolute atomic E-state index is 0.335. The van der Waals surface area contributed by atoms with Crippen LogP contribution in [0.3, 0.4) is 0 Å². The van der Waals surface area contributed by atoms with Crippen LogP contribution in [0.25, 0.3) is 11.3 Å². The highest BCUT2D eigenvalue weighted by atomic mass is 35.5. The van der Waals surface area contributed by atoms with Crippen molar-refractivity contribution in [3.05, 3.63) is 71.1 Å². The molecule has 8 heteroatoms. The van der Waals surface area contributed by atoms with E-state index < -0.39 is 0 Å². The van der Waals surface area contributed by atoms with E-state index in [-0.39, 0.29) is 5.91 Å². The molecule has 2 aromatic heterocycles. The summed E-state index contributed by atoms with van der Waals surface area (Å²) < 4.78 is 1.68. The average Bonchev–Trinajstić information content (AvgIpc) is 3.10. The van der Waals surface area contributed by atoms with Crippen LogP contribution in [-0.2, 0) is 6.54 Å². The summed E-state index contributed by atoms with van der Waals surface area (Å²) in [7, 11) is 0. The van der Waals surface area contributed by atoms with Gasteiger partial charge in [-0.05, 0) is 24.3 Å². The Hall–Kier alpha value is -3.50. The van der Waals surface area contributed by atoms with Crippen LogP contribution in [0, 0.1) is 11.3 Å². The van der Waals surface area contributed by atoms with Crippen LogP contribution in [0.15, 0.2) is 60.1 Å². The van der Waals surface area contributed by atoms with Gasteiger partial charge in [-0.3, -0.25) is 14.5 Å². The fourth-order valence-corrected chi connectivity index (χ4v) is 2.50. The zero-order valence-electron chi connectivity index (χ0n) is 14.2. The summed E-state index contributed by atoms with van der Waals surface area (Å²) in [5.41, 5.74) is 5.20. The third kappa shape index (κ3) is 4.77. The number of pyridine rings is 1. The van der Waals surface area contributed by atoms with Crippen molar-refractivity contribution in [3.63, 3.8) is 0 Å². The molecule has 0 radical (unpaired) electrons. The molecular weight excluding hydrogens is 364 g/mol. The van der Waals surface area contributed by atoms with Crippen LogP contribution in [-0.4, -0.2) is 26.9 Å². The highest BCUT2D eigenvalue weighted by molar-refractivity contribution is 6.30. The maximum atomic E-state index is 12.0. The second-order valence-corrected chi connectivity index (χ2v) is 5.98. The summed E-state index contributed by atoms with van der Waals surface area (Å²) in [6.45, 7) is 0.467. The molecule has 0 aliphatic carbocycles. The van der Waals surface area contributed by atoms with E-state index in [9.17, 15) is 4.79 Å². The van der Waals surface area contributed by atoms with Gasteiger partial charge in [0.05, 0.1) is 25.2 Å². The molecule has 7 nitrogen and oxygen atoms in total. The normalized spacial score (nSPS) is 10.7. The number of aromatic nitrogens is 3. The molecule has 1 amide bonds. The van der Waals surface area contributed by atoms with E-state index in [2.05, 4.69) is 26.7 Å². The molecule has 0 saturated carbocycles. The third-order valence-corrected chi connectivity index (χ3v) is 3.92. The molecule has 0 bridgehead atoms. The standard InChI is InChI=1S/C19H15ClN6O/c20-17-4-2-14(3-5-17)18-16(13-26(25-18)11-1-8-21)12-23-24-19(27)15-6-9-22-10-7-15/h2-7,9-10,12-13H,1,11H2,(H,24,27)/b23-12+. The third-order valence-electron chi connectivity index (χ3n) is 3.67. The van der Waals surface area contributed by atoms with Gasteiger partial charge in [0.25, 0.3) is 5.91 Å². The van der Waals surface area contributed by atoms with Crippen LogP contribution < -0.4 is 5.43 Å². The Balaban J connectivity index is 1.82. The summed E-state index contributed by atoms with van der Waals surface area (Å²) >= 11 is 5.95. The molecule has 3 rings (SSSR count). The smallest absolute Gasteiger partial charge is 0.270 e. The Morgan fingerprint density at radius 2 is 2.00 bits per heavy atom. The van der Waals surface area contributed by atoms with Crippen LogP contribution in [0.2, 0.25) is 5.02 Å². The van der Waals surface area contributed by atoms with Gasteiger partial charge in [0.2, 0.25) is 0 Å². The van der Waals surface area contributed by atoms with E-state index in [1.165, 1.54) is 18.6 Å². The molecule has 0 atom stereocenters. The second-order valence-electron chi connectivity index (χ2n) is 5.55. The van der Waals surface area contributed by atoms with E-state index >= 15 is 0 Å². The van der Waals surface area contributed by atoms with Gasteiger partial charge in [0.15, 0.2) is 0 Å². The molecular formula is C19H15ClN6O. The lowest BCUT2D eigenvalue weighted by Gasteiger charge is -2.00. The summed E-state index contributed by atoms with van der Waals surface area (Å²) in [5, 5.41) is 17.9. The number of nitriles is 1. The van der Waals surface area contributed by atoms with Gasteiger partial charge in [-0.2, -0.15) is 15.5 Å². The van der Waals surface area contributed by atoms with E-state index in [1.54, 1.807) is 35.1 Å². The van der Waals surface area contributed by atoms with E-state index in [0.29, 0.717) is 34.8 Å². The molecule has 3 aromatic rings. The van der Waals surface area contributed by atoms with Gasteiger partial charge >= 0.3 is 0 Å². The predicted octanol–water partition coefficient (Wildman–Crippen LogP) is 3.28.